The van der Waals surface area contributed by atoms with Crippen LogP contribution in [0.3, 0.4) is 0 Å². The Kier molecular flexibility index (Phi) is 9.74. The molecule has 5 rings (SSSR count). The first-order chi connectivity index (χ1) is 21.5. The van der Waals surface area contributed by atoms with Gasteiger partial charge in [-0.1, -0.05) is 54.2 Å². The Hall–Kier alpha value is -5.76. The first-order valence-corrected chi connectivity index (χ1v) is 14.2. The zero-order chi connectivity index (χ0) is 30.7. The van der Waals surface area contributed by atoms with Gasteiger partial charge in [-0.15, -0.1) is 5.10 Å². The van der Waals surface area contributed by atoms with Crippen molar-refractivity contribution in [2.24, 2.45) is 4.99 Å². The molecule has 0 atom stereocenters. The Balaban J connectivity index is 1.35. The van der Waals surface area contributed by atoms with Gasteiger partial charge in [-0.2, -0.15) is 9.67 Å². The zero-order valence-corrected chi connectivity index (χ0v) is 24.5. The SMILES string of the molecule is COc1ccc(C=CC(=O)N/C(=N\c2nc(CSc3nnnn3-c3ccccc3)cc(=O)[nH]2)Nc2ccccc2)cc1OC. The number of tetrazole rings is 1. The molecular weight excluding hydrogens is 582 g/mol. The van der Waals surface area contributed by atoms with Crippen LogP contribution in [0.2, 0.25) is 0 Å². The summed E-state index contributed by atoms with van der Waals surface area (Å²) in [6.45, 7) is 0. The summed E-state index contributed by atoms with van der Waals surface area (Å²) in [5, 5.41) is 18.2. The van der Waals surface area contributed by atoms with Crippen molar-refractivity contribution < 1.29 is 14.3 Å². The van der Waals surface area contributed by atoms with E-state index in [0.29, 0.717) is 33.8 Å². The number of thioether (sulfide) groups is 1. The van der Waals surface area contributed by atoms with Gasteiger partial charge < -0.3 is 14.8 Å². The monoisotopic (exact) mass is 609 g/mol. The Bertz CT molecular complexity index is 1840. The standard InChI is InChI=1S/C30H27N9O4S/c1-42-24-15-13-20(17-25(24)43-2)14-16-26(40)33-28(31-21-9-5-3-6-10-21)35-29-32-22(18-27(41)34-29)19-44-30-36-37-38-39(30)23-11-7-4-8-12-23/h3-18H,19H2,1-2H3,(H3,31,32,33,34,35,40,41). The van der Waals surface area contributed by atoms with Gasteiger partial charge in [0.25, 0.3) is 11.5 Å². The molecule has 5 aromatic rings. The van der Waals surface area contributed by atoms with Crippen molar-refractivity contribution >= 4 is 41.3 Å². The Labute approximate surface area is 256 Å². The summed E-state index contributed by atoms with van der Waals surface area (Å²) in [5.74, 6) is 0.989. The second kappa shape index (κ2) is 14.4. The third kappa shape index (κ3) is 7.95. The number of aliphatic imine (C=N–C) groups is 1. The van der Waals surface area contributed by atoms with Gasteiger partial charge in [0.15, 0.2) is 11.5 Å². The molecule has 222 valence electrons. The fourth-order valence-electron chi connectivity index (χ4n) is 3.90. The van der Waals surface area contributed by atoms with Crippen molar-refractivity contribution in [2.75, 3.05) is 19.5 Å². The lowest BCUT2D eigenvalue weighted by molar-refractivity contribution is -0.115. The number of nitrogens with zero attached hydrogens (tertiary/aromatic N) is 6. The molecule has 14 heteroatoms. The number of para-hydroxylation sites is 2. The molecule has 0 spiro atoms. The molecule has 0 bridgehead atoms. The summed E-state index contributed by atoms with van der Waals surface area (Å²) in [7, 11) is 3.09. The van der Waals surface area contributed by atoms with Gasteiger partial charge in [-0.25, -0.2) is 4.98 Å². The van der Waals surface area contributed by atoms with Crippen LogP contribution in [0.15, 0.2) is 106 Å². The predicted molar refractivity (Wildman–Crippen MR) is 167 cm³/mol. The topological polar surface area (TPSA) is 161 Å². The number of aromatic nitrogens is 6. The van der Waals surface area contributed by atoms with Gasteiger partial charge in [0.2, 0.25) is 17.1 Å². The van der Waals surface area contributed by atoms with Crippen LogP contribution in [0.25, 0.3) is 11.8 Å². The van der Waals surface area contributed by atoms with E-state index in [1.165, 1.54) is 31.0 Å². The van der Waals surface area contributed by atoms with Crippen molar-refractivity contribution in [3.05, 3.63) is 113 Å². The number of anilines is 1. The molecule has 3 N–H and O–H groups in total. The normalized spacial score (nSPS) is 11.4. The Morgan fingerprint density at radius 1 is 1.00 bits per heavy atom. The molecule has 0 aliphatic heterocycles. The van der Waals surface area contributed by atoms with E-state index in [4.69, 9.17) is 9.47 Å². The fourth-order valence-corrected chi connectivity index (χ4v) is 4.68. The van der Waals surface area contributed by atoms with Crippen LogP contribution in [0.1, 0.15) is 11.3 Å². The smallest absolute Gasteiger partial charge is 0.252 e. The van der Waals surface area contributed by atoms with E-state index in [0.717, 1.165) is 11.3 Å². The van der Waals surface area contributed by atoms with Crippen LogP contribution >= 0.6 is 11.8 Å². The van der Waals surface area contributed by atoms with Gasteiger partial charge in [0, 0.05) is 23.6 Å². The lowest BCUT2D eigenvalue weighted by Gasteiger charge is -2.10. The van der Waals surface area contributed by atoms with E-state index in [2.05, 4.69) is 41.1 Å². The van der Waals surface area contributed by atoms with E-state index in [9.17, 15) is 9.59 Å². The van der Waals surface area contributed by atoms with E-state index in [1.807, 2.05) is 48.5 Å². The number of amides is 1. The molecule has 44 heavy (non-hydrogen) atoms. The van der Waals surface area contributed by atoms with Gasteiger partial charge in [-0.3, -0.25) is 19.9 Å². The number of H-pyrrole nitrogens is 1. The van der Waals surface area contributed by atoms with Crippen LogP contribution in [0, 0.1) is 0 Å². The highest BCUT2D eigenvalue weighted by molar-refractivity contribution is 7.98. The van der Waals surface area contributed by atoms with Crippen LogP contribution in [0.4, 0.5) is 11.6 Å². The van der Waals surface area contributed by atoms with Crippen LogP contribution in [0.5, 0.6) is 11.5 Å². The van der Waals surface area contributed by atoms with Crippen molar-refractivity contribution in [1.29, 1.82) is 0 Å². The van der Waals surface area contributed by atoms with Crippen molar-refractivity contribution in [1.82, 2.24) is 35.5 Å². The molecule has 13 nitrogen and oxygen atoms in total. The molecule has 0 saturated carbocycles. The molecule has 2 aromatic heterocycles. The number of rotatable bonds is 10. The van der Waals surface area contributed by atoms with Crippen LogP contribution < -0.4 is 25.7 Å². The number of hydrogen-bond donors (Lipinski definition) is 3. The maximum Gasteiger partial charge on any atom is 0.252 e. The number of nitrogens with one attached hydrogen (secondary N) is 3. The second-order valence-electron chi connectivity index (χ2n) is 8.95. The fraction of sp³-hybridized carbons (Fsp3) is 0.100. The summed E-state index contributed by atoms with van der Waals surface area (Å²) in [6.07, 6.45) is 2.97. The number of aromatic amines is 1. The first kappa shape index (κ1) is 29.7. The minimum Gasteiger partial charge on any atom is -0.493 e. The summed E-state index contributed by atoms with van der Waals surface area (Å²) >= 11 is 1.31. The molecule has 2 heterocycles. The van der Waals surface area contributed by atoms with E-state index in [1.54, 1.807) is 48.2 Å². The van der Waals surface area contributed by atoms with Crippen molar-refractivity contribution in [2.45, 2.75) is 10.9 Å². The highest BCUT2D eigenvalue weighted by Crippen LogP contribution is 2.28. The minimum absolute atomic E-state index is 0.00153. The van der Waals surface area contributed by atoms with Gasteiger partial charge >= 0.3 is 0 Å². The molecule has 1 amide bonds. The van der Waals surface area contributed by atoms with Crippen molar-refractivity contribution in [3.63, 3.8) is 0 Å². The second-order valence-corrected chi connectivity index (χ2v) is 9.89. The molecule has 0 radical (unpaired) electrons. The third-order valence-corrected chi connectivity index (χ3v) is 6.86. The quantitative estimate of drug-likeness (QED) is 0.0914. The van der Waals surface area contributed by atoms with Crippen LogP contribution in [-0.2, 0) is 10.5 Å². The Morgan fingerprint density at radius 3 is 2.50 bits per heavy atom. The number of carbonyl (C=O) groups is 1. The van der Waals surface area contributed by atoms with Gasteiger partial charge in [-0.05, 0) is 58.5 Å². The highest BCUT2D eigenvalue weighted by Gasteiger charge is 2.12. The molecule has 0 fully saturated rings. The maximum absolute atomic E-state index is 12.9. The lowest BCUT2D eigenvalue weighted by atomic mass is 10.2. The van der Waals surface area contributed by atoms with E-state index in [-0.39, 0.29) is 11.9 Å². The molecular formula is C30H27N9O4S. The summed E-state index contributed by atoms with van der Waals surface area (Å²) < 4.78 is 12.2. The number of methoxy groups -OCH3 is 2. The largest absolute Gasteiger partial charge is 0.493 e. The number of ether oxygens (including phenoxy) is 2. The predicted octanol–water partition coefficient (Wildman–Crippen LogP) is 3.98. The van der Waals surface area contributed by atoms with Crippen molar-refractivity contribution in [3.8, 4) is 17.2 Å². The molecule has 3 aromatic carbocycles. The summed E-state index contributed by atoms with van der Waals surface area (Å²) in [4.78, 5) is 36.9. The number of guanidine groups is 1. The Morgan fingerprint density at radius 2 is 1.75 bits per heavy atom. The maximum atomic E-state index is 12.9. The average Bonchev–Trinajstić information content (AvgIpc) is 3.52. The third-order valence-electron chi connectivity index (χ3n) is 5.90. The molecule has 0 aliphatic carbocycles. The molecule has 0 saturated heterocycles. The zero-order valence-electron chi connectivity index (χ0n) is 23.7. The molecule has 0 unspecified atom stereocenters. The first-order valence-electron chi connectivity index (χ1n) is 13.2. The number of benzene rings is 3. The van der Waals surface area contributed by atoms with Gasteiger partial charge in [0.05, 0.1) is 25.6 Å². The van der Waals surface area contributed by atoms with Gasteiger partial charge in [0.1, 0.15) is 0 Å². The summed E-state index contributed by atoms with van der Waals surface area (Å²) in [6, 6.07) is 25.3. The number of hydrogen-bond acceptors (Lipinski definition) is 10. The van der Waals surface area contributed by atoms with E-state index >= 15 is 0 Å². The minimum atomic E-state index is -0.469. The highest BCUT2D eigenvalue weighted by atomic mass is 32.2. The number of carbonyl (C=O) groups excluding carboxylic acids is 1. The van der Waals surface area contributed by atoms with Crippen LogP contribution in [-0.4, -0.2) is 56.3 Å². The van der Waals surface area contributed by atoms with E-state index < -0.39 is 11.5 Å². The average molecular weight is 610 g/mol. The molecule has 0 aliphatic rings. The lowest BCUT2D eigenvalue weighted by Crippen LogP contribution is -2.34. The summed E-state index contributed by atoms with van der Waals surface area (Å²) in [5.41, 5.74) is 2.23.